The molecule has 10 N–H and O–H groups in total. The summed E-state index contributed by atoms with van der Waals surface area (Å²) in [6, 6.07) is -8.15. The van der Waals surface area contributed by atoms with Crippen molar-refractivity contribution < 1.29 is 48.3 Å². The summed E-state index contributed by atoms with van der Waals surface area (Å²) in [7, 11) is 0. The molecule has 1 aliphatic rings. The molecule has 1 heterocycles. The Bertz CT molecular complexity index is 1620. The van der Waals surface area contributed by atoms with Crippen molar-refractivity contribution in [2.45, 2.75) is 190 Å². The minimum absolute atomic E-state index is 0.0372. The molecule has 0 unspecified atom stereocenters. The van der Waals surface area contributed by atoms with E-state index < -0.39 is 108 Å². The van der Waals surface area contributed by atoms with Crippen LogP contribution >= 0.6 is 0 Å². The Morgan fingerprint density at radius 2 is 1.05 bits per heavy atom. The second-order valence-corrected chi connectivity index (χ2v) is 19.6. The number of hydrogen-bond donors (Lipinski definition) is 9. The van der Waals surface area contributed by atoms with E-state index in [1.807, 2.05) is 69.2 Å². The van der Waals surface area contributed by atoms with Crippen LogP contribution in [0, 0.1) is 35.5 Å². The van der Waals surface area contributed by atoms with Crippen LogP contribution in [-0.2, 0) is 43.2 Å². The van der Waals surface area contributed by atoms with Gasteiger partial charge in [0.1, 0.15) is 42.3 Å². The van der Waals surface area contributed by atoms with Crippen LogP contribution in [-0.4, -0.2) is 125 Å². The van der Waals surface area contributed by atoms with Crippen LogP contribution in [0.5, 0.6) is 0 Å². The number of nitrogens with two attached hydrogens (primary N) is 1. The van der Waals surface area contributed by atoms with Gasteiger partial charge in [-0.15, -0.1) is 0 Å². The lowest BCUT2D eigenvalue weighted by Gasteiger charge is -2.31. The van der Waals surface area contributed by atoms with E-state index in [1.54, 1.807) is 13.8 Å². The number of rotatable bonds is 28. The molecule has 1 rings (SSSR count). The monoisotopic (exact) mass is 922 g/mol. The lowest BCUT2D eigenvalue weighted by atomic mass is 9.96. The molecule has 19 nitrogen and oxygen atoms in total. The maximum atomic E-state index is 14.2. The van der Waals surface area contributed by atoms with E-state index in [1.165, 1.54) is 11.8 Å². The number of carboxylic acids is 1. The van der Waals surface area contributed by atoms with Gasteiger partial charge in [0.2, 0.25) is 47.3 Å². The first-order valence-electron chi connectivity index (χ1n) is 23.6. The topological polar surface area (TPSA) is 287 Å². The molecule has 0 aliphatic carbocycles. The van der Waals surface area contributed by atoms with Crippen molar-refractivity contribution in [1.82, 2.24) is 42.1 Å². The molecule has 1 saturated heterocycles. The molecule has 0 radical (unpaired) electrons. The Balaban J connectivity index is 3.13. The van der Waals surface area contributed by atoms with E-state index in [9.17, 15) is 48.3 Å². The lowest BCUT2D eigenvalue weighted by molar-refractivity contribution is -0.144. The van der Waals surface area contributed by atoms with Gasteiger partial charge >= 0.3 is 5.97 Å². The molecule has 19 heteroatoms. The van der Waals surface area contributed by atoms with Crippen molar-refractivity contribution in [3.63, 3.8) is 0 Å². The zero-order valence-corrected chi connectivity index (χ0v) is 41.3. The van der Waals surface area contributed by atoms with E-state index in [-0.39, 0.29) is 61.3 Å². The molecule has 0 aromatic carbocycles. The number of nitrogens with one attached hydrogen (secondary N) is 7. The smallest absolute Gasteiger partial charge is 0.326 e. The van der Waals surface area contributed by atoms with Crippen LogP contribution in [0.3, 0.4) is 0 Å². The molecule has 0 bridgehead atoms. The summed E-state index contributed by atoms with van der Waals surface area (Å²) in [6.07, 6.45) is 2.94. The second-order valence-electron chi connectivity index (χ2n) is 19.6. The Kier molecular flexibility index (Phi) is 25.3. The van der Waals surface area contributed by atoms with E-state index >= 15 is 0 Å². The van der Waals surface area contributed by atoms with Gasteiger partial charge in [0.15, 0.2) is 0 Å². The maximum Gasteiger partial charge on any atom is 0.326 e. The summed E-state index contributed by atoms with van der Waals surface area (Å²) >= 11 is 0. The highest BCUT2D eigenvalue weighted by Crippen LogP contribution is 2.21. The predicted molar refractivity (Wildman–Crippen MR) is 247 cm³/mol. The van der Waals surface area contributed by atoms with Gasteiger partial charge < -0.3 is 53.0 Å². The highest BCUT2D eigenvalue weighted by molar-refractivity contribution is 5.97. The van der Waals surface area contributed by atoms with Crippen LogP contribution < -0.4 is 43.0 Å². The molecule has 0 spiro atoms. The number of aliphatic carboxylic acids is 1. The third-order valence-electron chi connectivity index (χ3n) is 11.7. The van der Waals surface area contributed by atoms with Crippen LogP contribution in [0.25, 0.3) is 0 Å². The molecule has 0 saturated carbocycles. The molecule has 372 valence electrons. The van der Waals surface area contributed by atoms with Crippen molar-refractivity contribution in [2.24, 2.45) is 41.2 Å². The van der Waals surface area contributed by atoms with Gasteiger partial charge in [0, 0.05) is 6.54 Å². The average Bonchev–Trinajstić information content (AvgIpc) is 3.71. The van der Waals surface area contributed by atoms with E-state index in [2.05, 4.69) is 37.2 Å². The standard InChI is InChI=1S/C46H83N9O10/c1-14-28(11)37(53-40(58)31(47)19-24(3)4)44(62)51-32(20-25(5)6)41(59)48-23-36(56)50-33(21-26(7)8)42(60)52-34(22-27(9)10)45(63)55-18-16-17-35(55)43(61)49-30(13)39(57)54-38(46(64)65)29(12)15-2/h24-35,37-38H,14-23,47H2,1-13H3,(H,48,59)(H,49,61)(H,50,56)(H,51,62)(H,52,60)(H,53,58)(H,54,57)(H,64,65)/t28-,29-,30-,31-,32-,33-,34-,35-,37-,38-/m0/s1. The van der Waals surface area contributed by atoms with Crippen LogP contribution in [0.1, 0.15) is 141 Å². The van der Waals surface area contributed by atoms with Crippen molar-refractivity contribution in [2.75, 3.05) is 13.1 Å². The highest BCUT2D eigenvalue weighted by atomic mass is 16.4. The predicted octanol–water partition coefficient (Wildman–Crippen LogP) is 1.71. The number of carbonyl (C=O) groups is 9. The summed E-state index contributed by atoms with van der Waals surface area (Å²) in [5.74, 6) is -6.57. The van der Waals surface area contributed by atoms with E-state index in [0.29, 0.717) is 32.1 Å². The van der Waals surface area contributed by atoms with Gasteiger partial charge in [-0.1, -0.05) is 95.9 Å². The lowest BCUT2D eigenvalue weighted by Crippen LogP contribution is -2.59. The first kappa shape index (κ1) is 58.2. The molecule has 8 amide bonds. The third kappa shape index (κ3) is 20.1. The summed E-state index contributed by atoms with van der Waals surface area (Å²) < 4.78 is 0. The Hall–Kier alpha value is -4.81. The average molecular weight is 922 g/mol. The van der Waals surface area contributed by atoms with Gasteiger partial charge in [0.05, 0.1) is 12.6 Å². The van der Waals surface area contributed by atoms with Crippen LogP contribution in [0.15, 0.2) is 0 Å². The van der Waals surface area contributed by atoms with Crippen molar-refractivity contribution in [3.05, 3.63) is 0 Å². The SMILES string of the molecule is CC[C@H](C)[C@H](NC(=O)[C@H](C)NC(=O)[C@@H]1CCCN1C(=O)[C@H](CC(C)C)NC(=O)[C@H](CC(C)C)NC(=O)CNC(=O)[C@H](CC(C)C)NC(=O)[C@@H](NC(=O)[C@@H](N)CC(C)C)[C@@H](C)CC)C(=O)O. The van der Waals surface area contributed by atoms with Gasteiger partial charge in [-0.25, -0.2) is 4.79 Å². The number of hydrogen-bond acceptors (Lipinski definition) is 10. The highest BCUT2D eigenvalue weighted by Gasteiger charge is 2.40. The zero-order valence-electron chi connectivity index (χ0n) is 41.3. The number of carbonyl (C=O) groups excluding carboxylic acids is 8. The minimum Gasteiger partial charge on any atom is -0.480 e. The van der Waals surface area contributed by atoms with E-state index in [0.717, 1.165) is 0 Å². The molecular weight excluding hydrogens is 839 g/mol. The Labute approximate surface area is 386 Å². The van der Waals surface area contributed by atoms with Gasteiger partial charge in [-0.05, 0) is 81.0 Å². The molecule has 65 heavy (non-hydrogen) atoms. The fraction of sp³-hybridized carbons (Fsp3) is 0.804. The molecule has 1 aliphatic heterocycles. The first-order valence-corrected chi connectivity index (χ1v) is 23.6. The number of amides is 8. The zero-order chi connectivity index (χ0) is 49.9. The first-order chi connectivity index (χ1) is 30.2. The summed E-state index contributed by atoms with van der Waals surface area (Å²) in [5, 5.41) is 28.3. The van der Waals surface area contributed by atoms with Crippen LogP contribution in [0.2, 0.25) is 0 Å². The normalized spacial score (nSPS) is 18.1. The molecular formula is C46H83N9O10. The summed E-state index contributed by atoms with van der Waals surface area (Å²) in [5.41, 5.74) is 6.09. The third-order valence-corrected chi connectivity index (χ3v) is 11.7. The summed E-state index contributed by atoms with van der Waals surface area (Å²) in [6.45, 7) is 23.4. The fourth-order valence-electron chi connectivity index (χ4n) is 7.59. The molecule has 10 atom stereocenters. The maximum absolute atomic E-state index is 14.2. The Morgan fingerprint density at radius 3 is 1.55 bits per heavy atom. The minimum atomic E-state index is -1.19. The largest absolute Gasteiger partial charge is 0.480 e. The Morgan fingerprint density at radius 1 is 0.569 bits per heavy atom. The van der Waals surface area contributed by atoms with Crippen molar-refractivity contribution in [3.8, 4) is 0 Å². The molecule has 0 aromatic rings. The van der Waals surface area contributed by atoms with Gasteiger partial charge in [-0.2, -0.15) is 0 Å². The number of nitrogens with zero attached hydrogens (tertiary/aromatic N) is 1. The molecule has 0 aromatic heterocycles. The fourth-order valence-corrected chi connectivity index (χ4v) is 7.59. The molecule has 1 fully saturated rings. The van der Waals surface area contributed by atoms with Gasteiger partial charge in [-0.3, -0.25) is 38.4 Å². The van der Waals surface area contributed by atoms with Crippen molar-refractivity contribution >= 4 is 53.2 Å². The van der Waals surface area contributed by atoms with Crippen molar-refractivity contribution in [1.29, 1.82) is 0 Å². The summed E-state index contributed by atoms with van der Waals surface area (Å²) in [4.78, 5) is 121. The van der Waals surface area contributed by atoms with E-state index in [4.69, 9.17) is 5.73 Å². The van der Waals surface area contributed by atoms with Crippen LogP contribution in [0.4, 0.5) is 0 Å². The number of likely N-dealkylation sites (tertiary alicyclic amines) is 1. The second kappa shape index (κ2) is 28.3. The van der Waals surface area contributed by atoms with Gasteiger partial charge in [0.25, 0.3) is 0 Å². The number of carboxylic acid groups (broad SMARTS) is 1. The quantitative estimate of drug-likeness (QED) is 0.0545.